The first-order valence-corrected chi connectivity index (χ1v) is 8.90. The zero-order chi connectivity index (χ0) is 18.1. The minimum Gasteiger partial charge on any atom is -0.493 e. The van der Waals surface area contributed by atoms with E-state index in [4.69, 9.17) is 9.47 Å². The summed E-state index contributed by atoms with van der Waals surface area (Å²) in [5.41, 5.74) is 0.913. The predicted octanol–water partition coefficient (Wildman–Crippen LogP) is 2.59. The zero-order valence-corrected chi connectivity index (χ0v) is 15.2. The number of benzene rings is 1. The molecule has 0 fully saturated rings. The van der Waals surface area contributed by atoms with Gasteiger partial charge in [0.1, 0.15) is 0 Å². The van der Waals surface area contributed by atoms with Gasteiger partial charge in [0.2, 0.25) is 5.91 Å². The van der Waals surface area contributed by atoms with E-state index >= 15 is 0 Å². The molecule has 0 aliphatic rings. The second-order valence-electron chi connectivity index (χ2n) is 5.18. The molecule has 0 atom stereocenters. The van der Waals surface area contributed by atoms with Gasteiger partial charge in [0.15, 0.2) is 11.5 Å². The van der Waals surface area contributed by atoms with Gasteiger partial charge in [-0.25, -0.2) is 0 Å². The number of hydrogen-bond donors (Lipinski definition) is 2. The summed E-state index contributed by atoms with van der Waals surface area (Å²) in [6.07, 6.45) is 0.227. The number of hydrogen-bond acceptors (Lipinski definition) is 5. The second-order valence-corrected chi connectivity index (χ2v) is 6.13. The first-order chi connectivity index (χ1) is 12.1. The topological polar surface area (TPSA) is 76.7 Å². The Balaban J connectivity index is 1.75. The SMILES string of the molecule is CCOc1ccc(CNC(=O)CCNC(=O)c2cccs2)cc1OC. The van der Waals surface area contributed by atoms with E-state index in [0.717, 1.165) is 5.56 Å². The summed E-state index contributed by atoms with van der Waals surface area (Å²) in [7, 11) is 1.58. The Bertz CT molecular complexity index is 701. The monoisotopic (exact) mass is 362 g/mol. The number of thiophene rings is 1. The number of ether oxygens (including phenoxy) is 2. The molecular formula is C18H22N2O4S. The van der Waals surface area contributed by atoms with E-state index in [0.29, 0.717) is 36.1 Å². The zero-order valence-electron chi connectivity index (χ0n) is 14.3. The molecule has 2 N–H and O–H groups in total. The Hall–Kier alpha value is -2.54. The maximum absolute atomic E-state index is 11.9. The molecule has 0 aliphatic heterocycles. The van der Waals surface area contributed by atoms with Crippen LogP contribution in [0.15, 0.2) is 35.7 Å². The Morgan fingerprint density at radius 3 is 2.68 bits per heavy atom. The van der Waals surface area contributed by atoms with Crippen LogP contribution in [0.25, 0.3) is 0 Å². The lowest BCUT2D eigenvalue weighted by atomic mass is 10.2. The third-order valence-corrected chi connectivity index (χ3v) is 4.27. The smallest absolute Gasteiger partial charge is 0.261 e. The summed E-state index contributed by atoms with van der Waals surface area (Å²) < 4.78 is 10.8. The van der Waals surface area contributed by atoms with E-state index in [1.165, 1.54) is 11.3 Å². The minimum atomic E-state index is -0.154. The maximum atomic E-state index is 11.9. The van der Waals surface area contributed by atoms with Crippen molar-refractivity contribution in [2.24, 2.45) is 0 Å². The first kappa shape index (κ1) is 18.8. The largest absolute Gasteiger partial charge is 0.493 e. The highest BCUT2D eigenvalue weighted by Crippen LogP contribution is 2.27. The van der Waals surface area contributed by atoms with E-state index in [9.17, 15) is 9.59 Å². The van der Waals surface area contributed by atoms with Crippen LogP contribution in [0.4, 0.5) is 0 Å². The van der Waals surface area contributed by atoms with E-state index in [-0.39, 0.29) is 18.2 Å². The summed E-state index contributed by atoms with van der Waals surface area (Å²) in [6.45, 7) is 3.16. The molecule has 2 rings (SSSR count). The van der Waals surface area contributed by atoms with Crippen LogP contribution in [-0.2, 0) is 11.3 Å². The van der Waals surface area contributed by atoms with Crippen molar-refractivity contribution in [3.05, 3.63) is 46.2 Å². The Morgan fingerprint density at radius 1 is 1.16 bits per heavy atom. The summed E-state index contributed by atoms with van der Waals surface area (Å²) >= 11 is 1.37. The highest BCUT2D eigenvalue weighted by Gasteiger charge is 2.09. The van der Waals surface area contributed by atoms with Crippen LogP contribution in [0.3, 0.4) is 0 Å². The van der Waals surface area contributed by atoms with Crippen molar-refractivity contribution in [2.45, 2.75) is 19.9 Å². The van der Waals surface area contributed by atoms with E-state index in [2.05, 4.69) is 10.6 Å². The Labute approximate surface area is 151 Å². The number of carbonyl (C=O) groups excluding carboxylic acids is 2. The van der Waals surface area contributed by atoms with Gasteiger partial charge < -0.3 is 20.1 Å². The van der Waals surface area contributed by atoms with Crippen LogP contribution in [0.5, 0.6) is 11.5 Å². The molecule has 1 aromatic carbocycles. The predicted molar refractivity (Wildman–Crippen MR) is 97.3 cm³/mol. The van der Waals surface area contributed by atoms with Gasteiger partial charge in [0.05, 0.1) is 18.6 Å². The molecule has 7 heteroatoms. The van der Waals surface area contributed by atoms with Gasteiger partial charge in [-0.3, -0.25) is 9.59 Å². The lowest BCUT2D eigenvalue weighted by Gasteiger charge is -2.11. The number of methoxy groups -OCH3 is 1. The quantitative estimate of drug-likeness (QED) is 0.719. The summed E-state index contributed by atoms with van der Waals surface area (Å²) in [5.74, 6) is 1.03. The second kappa shape index (κ2) is 9.68. The normalized spacial score (nSPS) is 10.2. The van der Waals surface area contributed by atoms with Crippen molar-refractivity contribution in [3.63, 3.8) is 0 Å². The molecule has 0 saturated heterocycles. The van der Waals surface area contributed by atoms with Crippen molar-refractivity contribution in [1.82, 2.24) is 10.6 Å². The summed E-state index contributed by atoms with van der Waals surface area (Å²) in [4.78, 5) is 24.3. The van der Waals surface area contributed by atoms with Gasteiger partial charge in [-0.1, -0.05) is 12.1 Å². The van der Waals surface area contributed by atoms with Crippen LogP contribution in [0.1, 0.15) is 28.6 Å². The molecule has 134 valence electrons. The molecule has 0 aliphatic carbocycles. The lowest BCUT2D eigenvalue weighted by Crippen LogP contribution is -2.30. The number of rotatable bonds is 9. The summed E-state index contributed by atoms with van der Waals surface area (Å²) in [6, 6.07) is 9.11. The third kappa shape index (κ3) is 5.79. The fourth-order valence-corrected chi connectivity index (χ4v) is 2.81. The van der Waals surface area contributed by atoms with E-state index < -0.39 is 0 Å². The highest BCUT2D eigenvalue weighted by molar-refractivity contribution is 7.12. The van der Waals surface area contributed by atoms with Crippen molar-refractivity contribution < 1.29 is 19.1 Å². The average molecular weight is 362 g/mol. The molecule has 1 heterocycles. The molecule has 0 radical (unpaired) electrons. The number of nitrogens with one attached hydrogen (secondary N) is 2. The van der Waals surface area contributed by atoms with Crippen molar-refractivity contribution in [1.29, 1.82) is 0 Å². The molecule has 0 unspecified atom stereocenters. The minimum absolute atomic E-state index is 0.126. The maximum Gasteiger partial charge on any atom is 0.261 e. The number of carbonyl (C=O) groups is 2. The van der Waals surface area contributed by atoms with Crippen LogP contribution in [-0.4, -0.2) is 32.1 Å². The highest BCUT2D eigenvalue weighted by atomic mass is 32.1. The molecular weight excluding hydrogens is 340 g/mol. The Morgan fingerprint density at radius 2 is 2.00 bits per heavy atom. The molecule has 2 aromatic rings. The van der Waals surface area contributed by atoms with Gasteiger partial charge in [-0.05, 0) is 36.1 Å². The fourth-order valence-electron chi connectivity index (χ4n) is 2.17. The lowest BCUT2D eigenvalue weighted by molar-refractivity contribution is -0.121. The van der Waals surface area contributed by atoms with Crippen LogP contribution >= 0.6 is 11.3 Å². The third-order valence-electron chi connectivity index (χ3n) is 3.40. The van der Waals surface area contributed by atoms with Crippen LogP contribution in [0.2, 0.25) is 0 Å². The van der Waals surface area contributed by atoms with Gasteiger partial charge in [0, 0.05) is 19.5 Å². The van der Waals surface area contributed by atoms with Crippen LogP contribution in [0, 0.1) is 0 Å². The Kier molecular flexibility index (Phi) is 7.28. The molecule has 0 spiro atoms. The molecule has 0 bridgehead atoms. The van der Waals surface area contributed by atoms with Crippen LogP contribution < -0.4 is 20.1 Å². The molecule has 6 nitrogen and oxygen atoms in total. The van der Waals surface area contributed by atoms with Crippen molar-refractivity contribution >= 4 is 23.2 Å². The molecule has 0 saturated carbocycles. The molecule has 2 amide bonds. The van der Waals surface area contributed by atoms with Gasteiger partial charge in [-0.2, -0.15) is 0 Å². The summed E-state index contributed by atoms with van der Waals surface area (Å²) in [5, 5.41) is 7.39. The first-order valence-electron chi connectivity index (χ1n) is 8.02. The van der Waals surface area contributed by atoms with E-state index in [1.807, 2.05) is 36.6 Å². The molecule has 25 heavy (non-hydrogen) atoms. The van der Waals surface area contributed by atoms with E-state index in [1.54, 1.807) is 13.2 Å². The fraction of sp³-hybridized carbons (Fsp3) is 0.333. The standard InChI is InChI=1S/C18H22N2O4S/c1-3-24-14-7-6-13(11-15(14)23-2)12-20-17(21)8-9-19-18(22)16-5-4-10-25-16/h4-7,10-11H,3,8-9,12H2,1-2H3,(H,19,22)(H,20,21). The average Bonchev–Trinajstić information content (AvgIpc) is 3.15. The van der Waals surface area contributed by atoms with Gasteiger partial charge in [-0.15, -0.1) is 11.3 Å². The van der Waals surface area contributed by atoms with Gasteiger partial charge in [0.25, 0.3) is 5.91 Å². The molecule has 1 aromatic heterocycles. The number of amides is 2. The van der Waals surface area contributed by atoms with Crippen molar-refractivity contribution in [2.75, 3.05) is 20.3 Å². The van der Waals surface area contributed by atoms with Crippen molar-refractivity contribution in [3.8, 4) is 11.5 Å². The van der Waals surface area contributed by atoms with Gasteiger partial charge >= 0.3 is 0 Å².